The van der Waals surface area contributed by atoms with Crippen LogP contribution in [0.25, 0.3) is 11.0 Å². The van der Waals surface area contributed by atoms with E-state index in [0.29, 0.717) is 34.8 Å². The second kappa shape index (κ2) is 10.8. The summed E-state index contributed by atoms with van der Waals surface area (Å²) >= 11 is 0. The highest BCUT2D eigenvalue weighted by atomic mass is 16.5. The third-order valence-electron chi connectivity index (χ3n) is 5.25. The molecule has 0 unspecified atom stereocenters. The van der Waals surface area contributed by atoms with Gasteiger partial charge < -0.3 is 13.9 Å². The van der Waals surface area contributed by atoms with Gasteiger partial charge in [0, 0.05) is 11.5 Å². The molecule has 0 radical (unpaired) electrons. The van der Waals surface area contributed by atoms with Crippen molar-refractivity contribution in [2.24, 2.45) is 11.8 Å². The van der Waals surface area contributed by atoms with Gasteiger partial charge in [0.05, 0.1) is 12.2 Å². The Labute approximate surface area is 183 Å². The molecule has 3 rings (SSSR count). The number of carbonyl (C=O) groups excluding carboxylic acids is 1. The minimum atomic E-state index is -0.456. The van der Waals surface area contributed by atoms with Gasteiger partial charge in [0.2, 0.25) is 0 Å². The minimum absolute atomic E-state index is 0.387. The molecule has 0 bridgehead atoms. The van der Waals surface area contributed by atoms with Crippen LogP contribution in [-0.2, 0) is 0 Å². The van der Waals surface area contributed by atoms with Crippen molar-refractivity contribution < 1.29 is 18.7 Å². The fraction of sp³-hybridized carbons (Fsp3) is 0.385. The zero-order valence-electron chi connectivity index (χ0n) is 18.4. The summed E-state index contributed by atoms with van der Waals surface area (Å²) in [7, 11) is 0. The summed E-state index contributed by atoms with van der Waals surface area (Å²) in [5.74, 6) is 2.08. The largest absolute Gasteiger partial charge is 0.494 e. The topological polar surface area (TPSA) is 65.7 Å². The van der Waals surface area contributed by atoms with Crippen LogP contribution in [0.2, 0.25) is 0 Å². The molecule has 5 heteroatoms. The standard InChI is InChI=1S/C26H30O5/c1-18(2)5-4-6-19(3)15-16-29-22-10-7-20(8-11-22)26(28)30-23-12-13-24-21(17-23)9-14-25(27)31-24/h7-14,17-19H,4-6,15-16H2,1-3H3/t19-/m0/s1. The summed E-state index contributed by atoms with van der Waals surface area (Å²) in [6.07, 6.45) is 4.79. The van der Waals surface area contributed by atoms with E-state index in [1.807, 2.05) is 0 Å². The van der Waals surface area contributed by atoms with Gasteiger partial charge in [-0.1, -0.05) is 40.0 Å². The van der Waals surface area contributed by atoms with Crippen LogP contribution in [0.4, 0.5) is 0 Å². The number of hydrogen-bond donors (Lipinski definition) is 0. The highest BCUT2D eigenvalue weighted by Crippen LogP contribution is 2.22. The summed E-state index contributed by atoms with van der Waals surface area (Å²) in [4.78, 5) is 23.7. The van der Waals surface area contributed by atoms with Crippen LogP contribution in [0.15, 0.2) is 63.8 Å². The Kier molecular flexibility index (Phi) is 7.88. The molecule has 1 atom stereocenters. The first-order chi connectivity index (χ1) is 14.9. The maximum atomic E-state index is 12.4. The molecule has 0 fully saturated rings. The maximum Gasteiger partial charge on any atom is 0.343 e. The van der Waals surface area contributed by atoms with Crippen molar-refractivity contribution in [1.82, 2.24) is 0 Å². The fourth-order valence-corrected chi connectivity index (χ4v) is 3.36. The van der Waals surface area contributed by atoms with Crippen molar-refractivity contribution in [2.45, 2.75) is 46.5 Å². The third-order valence-corrected chi connectivity index (χ3v) is 5.25. The first-order valence-electron chi connectivity index (χ1n) is 10.9. The molecule has 164 valence electrons. The smallest absolute Gasteiger partial charge is 0.343 e. The average molecular weight is 423 g/mol. The Morgan fingerprint density at radius 1 is 0.903 bits per heavy atom. The van der Waals surface area contributed by atoms with Crippen LogP contribution in [-0.4, -0.2) is 12.6 Å². The number of carbonyl (C=O) groups is 1. The summed E-state index contributed by atoms with van der Waals surface area (Å²) < 4.78 is 16.4. The van der Waals surface area contributed by atoms with E-state index in [1.54, 1.807) is 48.5 Å². The van der Waals surface area contributed by atoms with Gasteiger partial charge in [-0.3, -0.25) is 0 Å². The van der Waals surface area contributed by atoms with E-state index in [2.05, 4.69) is 20.8 Å². The molecule has 0 N–H and O–H groups in total. The summed E-state index contributed by atoms with van der Waals surface area (Å²) in [5, 5.41) is 0.687. The Bertz CT molecular complexity index is 1050. The van der Waals surface area contributed by atoms with E-state index in [-0.39, 0.29) is 0 Å². The second-order valence-corrected chi connectivity index (χ2v) is 8.44. The number of benzene rings is 2. The monoisotopic (exact) mass is 422 g/mol. The zero-order chi connectivity index (χ0) is 22.2. The number of fused-ring (bicyclic) bond motifs is 1. The molecule has 0 saturated heterocycles. The SMILES string of the molecule is CC(C)CCC[C@H](C)CCOc1ccc(C(=O)Oc2ccc3oc(=O)ccc3c2)cc1. The predicted octanol–water partition coefficient (Wildman–Crippen LogP) is 6.24. The van der Waals surface area contributed by atoms with Crippen molar-refractivity contribution in [2.75, 3.05) is 6.61 Å². The number of rotatable bonds is 10. The molecule has 0 aliphatic heterocycles. The average Bonchev–Trinajstić information content (AvgIpc) is 2.74. The maximum absolute atomic E-state index is 12.4. The Hall–Kier alpha value is -3.08. The first-order valence-corrected chi connectivity index (χ1v) is 10.9. The number of hydrogen-bond acceptors (Lipinski definition) is 5. The molecule has 0 amide bonds. The van der Waals surface area contributed by atoms with Crippen molar-refractivity contribution in [3.8, 4) is 11.5 Å². The lowest BCUT2D eigenvalue weighted by atomic mass is 9.98. The van der Waals surface area contributed by atoms with Crippen LogP contribution in [0.1, 0.15) is 56.8 Å². The van der Waals surface area contributed by atoms with Crippen LogP contribution in [0.5, 0.6) is 11.5 Å². The van der Waals surface area contributed by atoms with Crippen LogP contribution in [0, 0.1) is 11.8 Å². The quantitative estimate of drug-likeness (QED) is 0.220. The van der Waals surface area contributed by atoms with Crippen molar-refractivity contribution in [1.29, 1.82) is 0 Å². The third kappa shape index (κ3) is 6.99. The lowest BCUT2D eigenvalue weighted by Gasteiger charge is -2.13. The Morgan fingerprint density at radius 2 is 1.65 bits per heavy atom. The van der Waals surface area contributed by atoms with Gasteiger partial charge >= 0.3 is 11.6 Å². The van der Waals surface area contributed by atoms with Gasteiger partial charge in [0.1, 0.15) is 17.1 Å². The predicted molar refractivity (Wildman–Crippen MR) is 122 cm³/mol. The van der Waals surface area contributed by atoms with Gasteiger partial charge in [-0.05, 0) is 66.8 Å². The molecule has 3 aromatic rings. The molecule has 5 nitrogen and oxygen atoms in total. The normalized spacial score (nSPS) is 12.1. The molecule has 31 heavy (non-hydrogen) atoms. The lowest BCUT2D eigenvalue weighted by molar-refractivity contribution is 0.0735. The molecule has 0 spiro atoms. The van der Waals surface area contributed by atoms with Crippen LogP contribution < -0.4 is 15.1 Å². The van der Waals surface area contributed by atoms with Gasteiger partial charge in [-0.2, -0.15) is 0 Å². The fourth-order valence-electron chi connectivity index (χ4n) is 3.36. The van der Waals surface area contributed by atoms with Gasteiger partial charge in [-0.25, -0.2) is 9.59 Å². The minimum Gasteiger partial charge on any atom is -0.494 e. The van der Waals surface area contributed by atoms with Gasteiger partial charge in [0.25, 0.3) is 0 Å². The summed E-state index contributed by atoms with van der Waals surface area (Å²) in [6, 6.07) is 14.8. The van der Waals surface area contributed by atoms with Crippen LogP contribution in [0.3, 0.4) is 0 Å². The van der Waals surface area contributed by atoms with E-state index >= 15 is 0 Å². The van der Waals surface area contributed by atoms with E-state index < -0.39 is 11.6 Å². The molecule has 1 heterocycles. The molecule has 0 aliphatic rings. The second-order valence-electron chi connectivity index (χ2n) is 8.44. The van der Waals surface area contributed by atoms with E-state index in [1.165, 1.54) is 25.3 Å². The Balaban J connectivity index is 1.48. The van der Waals surface area contributed by atoms with E-state index in [4.69, 9.17) is 13.9 Å². The molecule has 0 saturated carbocycles. The van der Waals surface area contributed by atoms with E-state index in [0.717, 1.165) is 18.1 Å². The number of ether oxygens (including phenoxy) is 2. The summed E-state index contributed by atoms with van der Waals surface area (Å²) in [6.45, 7) is 7.45. The highest BCUT2D eigenvalue weighted by Gasteiger charge is 2.10. The van der Waals surface area contributed by atoms with Crippen LogP contribution >= 0.6 is 0 Å². The molecular weight excluding hydrogens is 392 g/mol. The molecule has 2 aromatic carbocycles. The molecule has 1 aromatic heterocycles. The highest BCUT2D eigenvalue weighted by molar-refractivity contribution is 5.91. The zero-order valence-corrected chi connectivity index (χ0v) is 18.4. The van der Waals surface area contributed by atoms with Crippen molar-refractivity contribution in [3.05, 3.63) is 70.6 Å². The molecule has 0 aliphatic carbocycles. The van der Waals surface area contributed by atoms with Gasteiger partial charge in [-0.15, -0.1) is 0 Å². The first kappa shape index (κ1) is 22.6. The van der Waals surface area contributed by atoms with Gasteiger partial charge in [0.15, 0.2) is 0 Å². The van der Waals surface area contributed by atoms with Crippen molar-refractivity contribution >= 4 is 16.9 Å². The summed E-state index contributed by atoms with van der Waals surface area (Å²) in [5.41, 5.74) is 0.470. The van der Waals surface area contributed by atoms with Crippen molar-refractivity contribution in [3.63, 3.8) is 0 Å². The lowest BCUT2D eigenvalue weighted by Crippen LogP contribution is -2.09. The number of esters is 1. The van der Waals surface area contributed by atoms with E-state index in [9.17, 15) is 9.59 Å². The molecular formula is C26H30O5. The Morgan fingerprint density at radius 3 is 2.39 bits per heavy atom.